The molecule has 41 heavy (non-hydrogen) atoms. The Hall–Kier alpha value is -2.43. The highest BCUT2D eigenvalue weighted by Crippen LogP contribution is 2.44. The average molecular weight is 594 g/mol. The molecule has 4 rings (SSSR count). The Kier molecular flexibility index (Phi) is 9.86. The smallest absolute Gasteiger partial charge is 0.346 e. The Morgan fingerprint density at radius 3 is 2.29 bits per heavy atom. The third-order valence-electron chi connectivity index (χ3n) is 9.15. The van der Waals surface area contributed by atoms with Gasteiger partial charge < -0.3 is 4.90 Å². The molecule has 0 N–H and O–H groups in total. The largest absolute Gasteiger partial charge is 0.416 e. The van der Waals surface area contributed by atoms with Crippen LogP contribution in [0.5, 0.6) is 0 Å². The van der Waals surface area contributed by atoms with E-state index in [4.69, 9.17) is 0 Å². The molecule has 0 bridgehead atoms. The van der Waals surface area contributed by atoms with Crippen molar-refractivity contribution in [2.24, 2.45) is 5.92 Å². The minimum atomic E-state index is -4.64. The number of hydrogen-bond acceptors (Lipinski definition) is 4. The summed E-state index contributed by atoms with van der Waals surface area (Å²) in [6.07, 6.45) is 2.40. The molecule has 1 saturated heterocycles. The van der Waals surface area contributed by atoms with Crippen molar-refractivity contribution in [1.82, 2.24) is 14.1 Å². The van der Waals surface area contributed by atoms with Gasteiger partial charge in [-0.25, -0.2) is 8.42 Å². The van der Waals surface area contributed by atoms with Crippen LogP contribution in [0.2, 0.25) is 0 Å². The zero-order valence-electron chi connectivity index (χ0n) is 24.2. The zero-order chi connectivity index (χ0) is 29.8. The highest BCUT2D eigenvalue weighted by Gasteiger charge is 2.39. The molecule has 0 radical (unpaired) electrons. The fraction of sp³-hybridized carbons (Fsp3) is 0.581. The summed E-state index contributed by atoms with van der Waals surface area (Å²) in [5, 5.41) is 0. The lowest BCUT2D eigenvalue weighted by molar-refractivity contribution is -0.137. The van der Waals surface area contributed by atoms with Crippen molar-refractivity contribution in [3.8, 4) is 0 Å². The van der Waals surface area contributed by atoms with Crippen LogP contribution in [0.3, 0.4) is 0 Å². The molecule has 1 heterocycles. The van der Waals surface area contributed by atoms with Crippen LogP contribution in [0.4, 0.5) is 13.2 Å². The van der Waals surface area contributed by atoms with Crippen molar-refractivity contribution >= 4 is 15.9 Å². The highest BCUT2D eigenvalue weighted by atomic mass is 32.2. The van der Waals surface area contributed by atoms with E-state index in [1.165, 1.54) is 15.9 Å². The lowest BCUT2D eigenvalue weighted by atomic mass is 9.71. The fourth-order valence-electron chi connectivity index (χ4n) is 6.51. The van der Waals surface area contributed by atoms with Crippen LogP contribution in [0.15, 0.2) is 59.5 Å². The monoisotopic (exact) mass is 593 g/mol. The zero-order valence-corrected chi connectivity index (χ0v) is 25.1. The number of piperidine rings is 1. The summed E-state index contributed by atoms with van der Waals surface area (Å²) in [6.45, 7) is 0.786. The van der Waals surface area contributed by atoms with Gasteiger partial charge in [-0.3, -0.25) is 9.69 Å². The van der Waals surface area contributed by atoms with Crippen LogP contribution in [0.1, 0.15) is 68.9 Å². The summed E-state index contributed by atoms with van der Waals surface area (Å²) < 4.78 is 67.7. The molecule has 2 fully saturated rings. The van der Waals surface area contributed by atoms with E-state index in [1.807, 2.05) is 6.07 Å². The topological polar surface area (TPSA) is 60.9 Å². The third-order valence-corrected chi connectivity index (χ3v) is 11.1. The fourth-order valence-corrected chi connectivity index (χ4v) is 8.25. The van der Waals surface area contributed by atoms with Crippen molar-refractivity contribution in [3.05, 3.63) is 65.7 Å². The number of rotatable bonds is 9. The summed E-state index contributed by atoms with van der Waals surface area (Å²) >= 11 is 0. The summed E-state index contributed by atoms with van der Waals surface area (Å²) in [5.74, 6) is 0.373. The third kappa shape index (κ3) is 7.14. The van der Waals surface area contributed by atoms with Crippen LogP contribution in [-0.4, -0.2) is 68.7 Å². The molecule has 0 aromatic heterocycles. The summed E-state index contributed by atoms with van der Waals surface area (Å²) in [6, 6.07) is 13.9. The predicted molar refractivity (Wildman–Crippen MR) is 154 cm³/mol. The van der Waals surface area contributed by atoms with E-state index in [-0.39, 0.29) is 29.3 Å². The number of hydrogen-bond donors (Lipinski definition) is 0. The molecule has 1 aliphatic carbocycles. The maximum absolute atomic E-state index is 13.4. The van der Waals surface area contributed by atoms with E-state index < -0.39 is 27.8 Å². The molecule has 226 valence electrons. The minimum absolute atomic E-state index is 0.0228. The van der Waals surface area contributed by atoms with Gasteiger partial charge in [0, 0.05) is 38.1 Å². The molecule has 2 aromatic carbocycles. The molecule has 1 unspecified atom stereocenters. The molecular formula is C31H42F3N3O3S. The Labute approximate surface area is 242 Å². The first-order chi connectivity index (χ1) is 19.3. The molecule has 1 aliphatic heterocycles. The van der Waals surface area contributed by atoms with Gasteiger partial charge in [0.25, 0.3) is 0 Å². The number of carbonyl (C=O) groups is 1. The maximum atomic E-state index is 13.4. The first-order valence-corrected chi connectivity index (χ1v) is 15.9. The number of benzene rings is 2. The predicted octanol–water partition coefficient (Wildman–Crippen LogP) is 6.13. The number of nitrogens with zero attached hydrogens (tertiary/aromatic N) is 3. The number of amides is 1. The molecule has 1 atom stereocenters. The Morgan fingerprint density at radius 2 is 1.66 bits per heavy atom. The quantitative estimate of drug-likeness (QED) is 0.351. The van der Waals surface area contributed by atoms with E-state index in [2.05, 4.69) is 43.3 Å². The van der Waals surface area contributed by atoms with E-state index in [0.717, 1.165) is 50.7 Å². The second-order valence-electron chi connectivity index (χ2n) is 11.8. The van der Waals surface area contributed by atoms with Gasteiger partial charge in [0.05, 0.1) is 10.5 Å². The first-order valence-electron chi connectivity index (χ1n) is 14.5. The molecular weight excluding hydrogens is 551 g/mol. The second kappa shape index (κ2) is 12.8. The Bertz CT molecular complexity index is 1280. The van der Waals surface area contributed by atoms with Gasteiger partial charge in [0.2, 0.25) is 15.9 Å². The van der Waals surface area contributed by atoms with Crippen LogP contribution >= 0.6 is 0 Å². The van der Waals surface area contributed by atoms with Gasteiger partial charge >= 0.3 is 6.18 Å². The molecule has 0 spiro atoms. The van der Waals surface area contributed by atoms with E-state index in [0.29, 0.717) is 31.4 Å². The molecule has 10 heteroatoms. The van der Waals surface area contributed by atoms with Gasteiger partial charge in [0.1, 0.15) is 0 Å². The number of halogens is 3. The number of alkyl halides is 3. The van der Waals surface area contributed by atoms with Crippen LogP contribution in [-0.2, 0) is 26.5 Å². The van der Waals surface area contributed by atoms with Gasteiger partial charge in [-0.05, 0) is 88.7 Å². The normalized spacial score (nSPS) is 24.4. The van der Waals surface area contributed by atoms with Crippen molar-refractivity contribution in [3.63, 3.8) is 0 Å². The first kappa shape index (κ1) is 31.5. The molecule has 1 amide bonds. The average Bonchev–Trinajstić information content (AvgIpc) is 2.96. The number of carbonyl (C=O) groups excluding carboxylic acids is 1. The molecule has 2 aromatic rings. The van der Waals surface area contributed by atoms with Crippen molar-refractivity contribution in [2.45, 2.75) is 80.4 Å². The van der Waals surface area contributed by atoms with Crippen LogP contribution < -0.4 is 0 Å². The lowest BCUT2D eigenvalue weighted by Crippen LogP contribution is -2.46. The van der Waals surface area contributed by atoms with E-state index >= 15 is 0 Å². The van der Waals surface area contributed by atoms with Gasteiger partial charge in [-0.2, -0.15) is 17.5 Å². The second-order valence-corrected chi connectivity index (χ2v) is 13.7. The van der Waals surface area contributed by atoms with Crippen LogP contribution in [0.25, 0.3) is 0 Å². The van der Waals surface area contributed by atoms with Gasteiger partial charge in [0.15, 0.2) is 0 Å². The van der Waals surface area contributed by atoms with E-state index in [9.17, 15) is 26.4 Å². The molecule has 1 saturated carbocycles. The standard InChI is InChI=1S/C31H42F3N3O3S/c1-35(2)30(25-10-5-4-6-11-25)18-15-24(16-19-30)17-21-36(3)29(38)23-27-13-7-8-20-37(27)41(39,40)28-14-9-12-26(22-28)31(32,33)34/h4-6,9-12,14,22,24,27H,7-8,13,15-21,23H2,1-3H3. The molecule has 2 aliphatic rings. The van der Waals surface area contributed by atoms with Crippen LogP contribution in [0, 0.1) is 5.92 Å². The number of sulfonamides is 1. The Balaban J connectivity index is 1.35. The van der Waals surface area contributed by atoms with E-state index in [1.54, 1.807) is 11.9 Å². The summed E-state index contributed by atoms with van der Waals surface area (Å²) in [7, 11) is 1.86. The molecule has 6 nitrogen and oxygen atoms in total. The maximum Gasteiger partial charge on any atom is 0.416 e. The van der Waals surface area contributed by atoms with Crippen molar-refractivity contribution in [1.29, 1.82) is 0 Å². The summed E-state index contributed by atoms with van der Waals surface area (Å²) in [4.78, 5) is 16.8. The SMILES string of the molecule is CN(CCC1CCC(c2ccccc2)(N(C)C)CC1)C(=O)CC1CCCCN1S(=O)(=O)c1cccc(C(F)(F)F)c1. The summed E-state index contributed by atoms with van der Waals surface area (Å²) in [5.41, 5.74) is 0.361. The van der Waals surface area contributed by atoms with Crippen molar-refractivity contribution < 1.29 is 26.4 Å². The highest BCUT2D eigenvalue weighted by molar-refractivity contribution is 7.89. The van der Waals surface area contributed by atoms with Gasteiger partial charge in [-0.15, -0.1) is 0 Å². The van der Waals surface area contributed by atoms with Gasteiger partial charge in [-0.1, -0.05) is 42.8 Å². The minimum Gasteiger partial charge on any atom is -0.346 e. The lowest BCUT2D eigenvalue weighted by Gasteiger charge is -2.46. The Morgan fingerprint density at radius 1 is 0.976 bits per heavy atom. The van der Waals surface area contributed by atoms with Crippen molar-refractivity contribution in [2.75, 3.05) is 34.2 Å².